The quantitative estimate of drug-likeness (QED) is 0.585. The molecule has 1 amide bonds. The molecule has 108 valence electrons. The summed E-state index contributed by atoms with van der Waals surface area (Å²) in [6, 6.07) is 1.19. The molecule has 5 atom stereocenters. The second-order valence-corrected chi connectivity index (χ2v) is 5.26. The van der Waals surface area contributed by atoms with Crippen LogP contribution in [-0.2, 0) is 14.3 Å². The lowest BCUT2D eigenvalue weighted by molar-refractivity contribution is -0.176. The summed E-state index contributed by atoms with van der Waals surface area (Å²) >= 11 is 1.16. The van der Waals surface area contributed by atoms with Crippen molar-refractivity contribution >= 4 is 17.7 Å². The lowest BCUT2D eigenvalue weighted by Crippen LogP contribution is -2.63. The Kier molecular flexibility index (Phi) is 6.54. The summed E-state index contributed by atoms with van der Waals surface area (Å²) in [6.45, 7) is 1.43. The minimum atomic E-state index is -1.17. The molecule has 1 rings (SSSR count). The number of aliphatic hydroxyl groups is 2. The van der Waals surface area contributed by atoms with Crippen molar-refractivity contribution in [1.82, 2.24) is 5.32 Å². The molecule has 5 unspecified atom stereocenters. The van der Waals surface area contributed by atoms with Crippen molar-refractivity contribution < 1.29 is 24.5 Å². The Bertz CT molecular complexity index is 348. The number of carbonyl (C=O) groups excluding carboxylic acids is 1. The molecule has 0 saturated carbocycles. The third-order valence-electron chi connectivity index (χ3n) is 2.71. The van der Waals surface area contributed by atoms with E-state index in [2.05, 4.69) is 5.32 Å². The van der Waals surface area contributed by atoms with Gasteiger partial charge in [-0.1, -0.05) is 0 Å². The van der Waals surface area contributed by atoms with Gasteiger partial charge in [0.15, 0.2) is 0 Å². The van der Waals surface area contributed by atoms with Crippen LogP contribution < -0.4 is 5.32 Å². The van der Waals surface area contributed by atoms with E-state index in [4.69, 9.17) is 14.7 Å². The van der Waals surface area contributed by atoms with E-state index in [1.165, 1.54) is 14.0 Å². The van der Waals surface area contributed by atoms with E-state index in [9.17, 15) is 15.0 Å². The van der Waals surface area contributed by atoms with Gasteiger partial charge < -0.3 is 25.0 Å². The van der Waals surface area contributed by atoms with Crippen molar-refractivity contribution in [2.75, 3.05) is 19.5 Å². The fourth-order valence-corrected chi connectivity index (χ4v) is 2.78. The molecular formula is C11H18N2O5S. The minimum absolute atomic E-state index is 0.120. The first kappa shape index (κ1) is 16.2. The number of rotatable bonds is 5. The third-order valence-corrected chi connectivity index (χ3v) is 3.74. The molecule has 1 saturated heterocycles. The van der Waals surface area contributed by atoms with Crippen LogP contribution in [-0.4, -0.2) is 65.4 Å². The highest BCUT2D eigenvalue weighted by atomic mass is 32.2. The van der Waals surface area contributed by atoms with Gasteiger partial charge in [-0.05, 0) is 0 Å². The van der Waals surface area contributed by atoms with E-state index < -0.39 is 29.8 Å². The highest BCUT2D eigenvalue weighted by Gasteiger charge is 2.44. The highest BCUT2D eigenvalue weighted by Crippen LogP contribution is 2.28. The molecule has 0 aliphatic carbocycles. The first-order chi connectivity index (χ1) is 9.01. The standard InChI is InChI=1S/C11H18N2O5S/c1-6(14)13-8-10(16)9(15)7(5-17-2)18-11(8)19-4-3-12/h7-11,15-16H,4-5H2,1-2H3,(H,13,14). The zero-order valence-corrected chi connectivity index (χ0v) is 11.6. The van der Waals surface area contributed by atoms with Crippen LogP contribution >= 0.6 is 11.8 Å². The number of aliphatic hydroxyl groups excluding tert-OH is 2. The number of carbonyl (C=O) groups is 1. The molecule has 0 radical (unpaired) electrons. The SMILES string of the molecule is COCC1OC(SCC#N)C(NC(C)=O)C(O)C1O. The zero-order chi connectivity index (χ0) is 14.4. The molecule has 0 bridgehead atoms. The smallest absolute Gasteiger partial charge is 0.217 e. The van der Waals surface area contributed by atoms with Crippen LogP contribution in [0.15, 0.2) is 0 Å². The maximum absolute atomic E-state index is 11.1. The van der Waals surface area contributed by atoms with Gasteiger partial charge in [0.05, 0.1) is 24.5 Å². The van der Waals surface area contributed by atoms with E-state index in [0.717, 1.165) is 11.8 Å². The number of methoxy groups -OCH3 is 1. The Morgan fingerprint density at radius 3 is 2.74 bits per heavy atom. The normalized spacial score (nSPS) is 34.6. The van der Waals surface area contributed by atoms with Crippen LogP contribution in [0.1, 0.15) is 6.92 Å². The maximum atomic E-state index is 11.1. The van der Waals surface area contributed by atoms with Crippen LogP contribution in [0.3, 0.4) is 0 Å². The molecule has 1 aliphatic rings. The van der Waals surface area contributed by atoms with Crippen molar-refractivity contribution in [3.8, 4) is 6.07 Å². The summed E-state index contributed by atoms with van der Waals surface area (Å²) in [5, 5.41) is 31.1. The van der Waals surface area contributed by atoms with Crippen molar-refractivity contribution in [2.45, 2.75) is 36.7 Å². The molecule has 19 heavy (non-hydrogen) atoms. The van der Waals surface area contributed by atoms with Gasteiger partial charge >= 0.3 is 0 Å². The predicted octanol–water partition coefficient (Wildman–Crippen LogP) is -1.16. The molecular weight excluding hydrogens is 272 g/mol. The van der Waals surface area contributed by atoms with Crippen LogP contribution in [0.2, 0.25) is 0 Å². The van der Waals surface area contributed by atoms with E-state index in [-0.39, 0.29) is 18.3 Å². The number of nitrogens with zero attached hydrogens (tertiary/aromatic N) is 1. The Morgan fingerprint density at radius 1 is 1.53 bits per heavy atom. The van der Waals surface area contributed by atoms with Crippen LogP contribution in [0.4, 0.5) is 0 Å². The lowest BCUT2D eigenvalue weighted by Gasteiger charge is -2.42. The van der Waals surface area contributed by atoms with Gasteiger partial charge in [-0.3, -0.25) is 4.79 Å². The van der Waals surface area contributed by atoms with Gasteiger partial charge in [-0.15, -0.1) is 11.8 Å². The second kappa shape index (κ2) is 7.67. The van der Waals surface area contributed by atoms with E-state index >= 15 is 0 Å². The molecule has 0 aromatic heterocycles. The maximum Gasteiger partial charge on any atom is 0.217 e. The summed E-state index contributed by atoms with van der Waals surface area (Å²) < 4.78 is 10.5. The van der Waals surface area contributed by atoms with Crippen molar-refractivity contribution in [2.24, 2.45) is 0 Å². The molecule has 1 heterocycles. The topological polar surface area (TPSA) is 112 Å². The van der Waals surface area contributed by atoms with Gasteiger partial charge in [0.25, 0.3) is 0 Å². The Labute approximate surface area is 115 Å². The molecule has 8 heteroatoms. The Morgan fingerprint density at radius 2 is 2.21 bits per heavy atom. The van der Waals surface area contributed by atoms with Crippen molar-refractivity contribution in [1.29, 1.82) is 5.26 Å². The molecule has 0 aromatic carbocycles. The lowest BCUT2D eigenvalue weighted by atomic mass is 9.98. The van der Waals surface area contributed by atoms with Gasteiger partial charge in [-0.2, -0.15) is 5.26 Å². The van der Waals surface area contributed by atoms with E-state index in [0.29, 0.717) is 0 Å². The molecule has 0 spiro atoms. The largest absolute Gasteiger partial charge is 0.388 e. The minimum Gasteiger partial charge on any atom is -0.388 e. The van der Waals surface area contributed by atoms with Crippen LogP contribution in [0, 0.1) is 11.3 Å². The van der Waals surface area contributed by atoms with E-state index in [1.54, 1.807) is 0 Å². The fourth-order valence-electron chi connectivity index (χ4n) is 1.88. The van der Waals surface area contributed by atoms with Crippen LogP contribution in [0.25, 0.3) is 0 Å². The number of hydrogen-bond donors (Lipinski definition) is 3. The number of thioether (sulfide) groups is 1. The molecule has 1 aliphatic heterocycles. The first-order valence-electron chi connectivity index (χ1n) is 5.77. The average Bonchev–Trinajstić information content (AvgIpc) is 2.36. The summed E-state index contributed by atoms with van der Waals surface area (Å²) in [4.78, 5) is 11.1. The predicted molar refractivity (Wildman–Crippen MR) is 68.2 cm³/mol. The third kappa shape index (κ3) is 4.33. The fraction of sp³-hybridized carbons (Fsp3) is 0.818. The summed E-state index contributed by atoms with van der Waals surface area (Å²) in [7, 11) is 1.46. The molecule has 0 aromatic rings. The molecule has 7 nitrogen and oxygen atoms in total. The van der Waals surface area contributed by atoms with E-state index in [1.807, 2.05) is 6.07 Å². The number of hydrogen-bond acceptors (Lipinski definition) is 7. The highest BCUT2D eigenvalue weighted by molar-refractivity contribution is 8.00. The van der Waals surface area contributed by atoms with Crippen molar-refractivity contribution in [3.05, 3.63) is 0 Å². The average molecular weight is 290 g/mol. The molecule has 3 N–H and O–H groups in total. The summed E-state index contributed by atoms with van der Waals surface area (Å²) in [6.07, 6.45) is -3.02. The van der Waals surface area contributed by atoms with Gasteiger partial charge in [0, 0.05) is 14.0 Å². The van der Waals surface area contributed by atoms with Gasteiger partial charge in [-0.25, -0.2) is 0 Å². The summed E-state index contributed by atoms with van der Waals surface area (Å²) in [5.41, 5.74) is -0.609. The zero-order valence-electron chi connectivity index (χ0n) is 10.8. The van der Waals surface area contributed by atoms with Gasteiger partial charge in [0.1, 0.15) is 23.7 Å². The number of ether oxygens (including phenoxy) is 2. The van der Waals surface area contributed by atoms with Gasteiger partial charge in [0.2, 0.25) is 5.91 Å². The Hall–Kier alpha value is -0.850. The van der Waals surface area contributed by atoms with Crippen LogP contribution in [0.5, 0.6) is 0 Å². The Balaban J connectivity index is 2.80. The number of nitrogens with one attached hydrogen (secondary N) is 1. The van der Waals surface area contributed by atoms with Crippen molar-refractivity contribution in [3.63, 3.8) is 0 Å². The number of nitriles is 1. The molecule has 1 fully saturated rings. The first-order valence-corrected chi connectivity index (χ1v) is 6.82. The monoisotopic (exact) mass is 290 g/mol. The summed E-state index contributed by atoms with van der Waals surface area (Å²) in [5.74, 6) is -0.184. The number of amides is 1. The second-order valence-electron chi connectivity index (χ2n) is 4.17.